The van der Waals surface area contributed by atoms with Gasteiger partial charge in [0.05, 0.1) is 47.1 Å². The summed E-state index contributed by atoms with van der Waals surface area (Å²) in [5, 5.41) is 26.2. The minimum absolute atomic E-state index is 0.616. The summed E-state index contributed by atoms with van der Waals surface area (Å²) in [5.41, 5.74) is 13.0. The van der Waals surface area contributed by atoms with Gasteiger partial charge in [-0.2, -0.15) is 20.7 Å². The number of nitrogens with zero attached hydrogens (tertiary/aromatic N) is 4. The highest BCUT2D eigenvalue weighted by atomic mass is 15.3. The van der Waals surface area contributed by atoms with E-state index in [4.69, 9.17) is 10.5 Å². The van der Waals surface area contributed by atoms with E-state index < -0.39 is 0 Å². The van der Waals surface area contributed by atoms with Crippen molar-refractivity contribution in [2.75, 3.05) is 10.9 Å². The first-order chi connectivity index (χ1) is 16.7. The molecule has 2 N–H and O–H groups in total. The van der Waals surface area contributed by atoms with Gasteiger partial charge in [0.25, 0.3) is 0 Å². The second-order valence-corrected chi connectivity index (χ2v) is 7.36. The van der Waals surface area contributed by atoms with Crippen LogP contribution in [0.5, 0.6) is 0 Å². The topological polar surface area (TPSA) is 96.4 Å². The summed E-state index contributed by atoms with van der Waals surface area (Å²) in [6.45, 7) is 0. The molecule has 4 aromatic rings. The Labute approximate surface area is 198 Å². The van der Waals surface area contributed by atoms with Gasteiger partial charge in [-0.1, -0.05) is 48.5 Å². The number of anilines is 2. The zero-order valence-electron chi connectivity index (χ0n) is 18.2. The van der Waals surface area contributed by atoms with E-state index in [-0.39, 0.29) is 0 Å². The maximum atomic E-state index is 8.84. The molecule has 0 aromatic heterocycles. The Morgan fingerprint density at radius 2 is 0.853 bits per heavy atom. The molecule has 0 bridgehead atoms. The molecule has 0 aliphatic rings. The standard InChI is InChI=1S/C28H20N6/c29-17-21-5-13-27(14-6-21)33-31-19-23-1-9-25(10-2-23)26-11-3-24(4-12-26)20-32-34-28-15-7-22(18-30)8-16-28/h1-16,19-20,33-34H/b31-19+,32-20+. The summed E-state index contributed by atoms with van der Waals surface area (Å²) in [4.78, 5) is 0. The van der Waals surface area contributed by atoms with Gasteiger partial charge in [0.1, 0.15) is 0 Å². The summed E-state index contributed by atoms with van der Waals surface area (Å²) >= 11 is 0. The van der Waals surface area contributed by atoms with Gasteiger partial charge < -0.3 is 0 Å². The normalized spacial score (nSPS) is 10.6. The third-order valence-electron chi connectivity index (χ3n) is 5.00. The van der Waals surface area contributed by atoms with Crippen molar-refractivity contribution in [2.24, 2.45) is 10.2 Å². The molecule has 0 saturated heterocycles. The van der Waals surface area contributed by atoms with Crippen LogP contribution in [0, 0.1) is 22.7 Å². The average Bonchev–Trinajstić information content (AvgIpc) is 2.90. The monoisotopic (exact) mass is 440 g/mol. The highest BCUT2D eigenvalue weighted by Gasteiger charge is 1.99. The van der Waals surface area contributed by atoms with Crippen LogP contribution in [0.1, 0.15) is 22.3 Å². The van der Waals surface area contributed by atoms with Gasteiger partial charge in [0.2, 0.25) is 0 Å². The molecule has 0 atom stereocenters. The molecule has 0 fully saturated rings. The smallest absolute Gasteiger partial charge is 0.0991 e. The molecular formula is C28H20N6. The fraction of sp³-hybridized carbons (Fsp3) is 0. The van der Waals surface area contributed by atoms with Crippen LogP contribution in [0.25, 0.3) is 11.1 Å². The van der Waals surface area contributed by atoms with Crippen LogP contribution in [0.3, 0.4) is 0 Å². The first-order valence-corrected chi connectivity index (χ1v) is 10.5. The molecule has 4 aromatic carbocycles. The molecule has 0 unspecified atom stereocenters. The third-order valence-corrected chi connectivity index (χ3v) is 5.00. The Morgan fingerprint density at radius 1 is 0.500 bits per heavy atom. The first-order valence-electron chi connectivity index (χ1n) is 10.5. The molecule has 0 aliphatic carbocycles. The van der Waals surface area contributed by atoms with Crippen molar-refractivity contribution < 1.29 is 0 Å². The van der Waals surface area contributed by atoms with Gasteiger partial charge in [-0.3, -0.25) is 10.9 Å². The molecule has 6 nitrogen and oxygen atoms in total. The summed E-state index contributed by atoms with van der Waals surface area (Å²) in [6.07, 6.45) is 3.50. The van der Waals surface area contributed by atoms with Crippen molar-refractivity contribution in [3.63, 3.8) is 0 Å². The van der Waals surface area contributed by atoms with Crippen molar-refractivity contribution in [3.8, 4) is 23.3 Å². The Hall–Kier alpha value is -5.20. The summed E-state index contributed by atoms with van der Waals surface area (Å²) in [7, 11) is 0. The van der Waals surface area contributed by atoms with Crippen molar-refractivity contribution in [2.45, 2.75) is 0 Å². The molecule has 162 valence electrons. The fourth-order valence-electron chi connectivity index (χ4n) is 3.12. The fourth-order valence-corrected chi connectivity index (χ4v) is 3.12. The zero-order valence-corrected chi connectivity index (χ0v) is 18.2. The first kappa shape index (κ1) is 22.0. The number of nitriles is 2. The minimum atomic E-state index is 0.616. The number of hydrogen-bond donors (Lipinski definition) is 2. The van der Waals surface area contributed by atoms with E-state index >= 15 is 0 Å². The average molecular weight is 441 g/mol. The van der Waals surface area contributed by atoms with Crippen molar-refractivity contribution in [1.29, 1.82) is 10.5 Å². The highest BCUT2D eigenvalue weighted by molar-refractivity contribution is 5.83. The summed E-state index contributed by atoms with van der Waals surface area (Å²) in [6, 6.07) is 34.7. The van der Waals surface area contributed by atoms with Crippen LogP contribution in [0.2, 0.25) is 0 Å². The second kappa shape index (κ2) is 10.9. The molecule has 0 heterocycles. The van der Waals surface area contributed by atoms with E-state index in [0.717, 1.165) is 33.6 Å². The maximum absolute atomic E-state index is 8.84. The van der Waals surface area contributed by atoms with Gasteiger partial charge in [0.15, 0.2) is 0 Å². The molecule has 0 spiro atoms. The van der Waals surface area contributed by atoms with Gasteiger partial charge in [0, 0.05) is 0 Å². The lowest BCUT2D eigenvalue weighted by Crippen LogP contribution is -1.91. The number of hydrogen-bond acceptors (Lipinski definition) is 6. The van der Waals surface area contributed by atoms with E-state index in [1.54, 1.807) is 36.7 Å². The lowest BCUT2D eigenvalue weighted by atomic mass is 10.0. The zero-order chi connectivity index (χ0) is 23.6. The van der Waals surface area contributed by atoms with Crippen LogP contribution < -0.4 is 10.9 Å². The minimum Gasteiger partial charge on any atom is -0.279 e. The van der Waals surface area contributed by atoms with Crippen LogP contribution in [0.4, 0.5) is 11.4 Å². The molecule has 0 saturated carbocycles. The molecule has 0 radical (unpaired) electrons. The molecule has 4 rings (SSSR count). The Balaban J connectivity index is 1.32. The van der Waals surface area contributed by atoms with Crippen LogP contribution in [-0.4, -0.2) is 12.4 Å². The van der Waals surface area contributed by atoms with E-state index in [1.807, 2.05) is 48.5 Å². The van der Waals surface area contributed by atoms with Gasteiger partial charge in [-0.15, -0.1) is 0 Å². The SMILES string of the molecule is N#Cc1ccc(N/N=C/c2ccc(-c3ccc(/C=N/Nc4ccc(C#N)cc4)cc3)cc2)cc1. The predicted octanol–water partition coefficient (Wildman–Crippen LogP) is 5.99. The van der Waals surface area contributed by atoms with Crippen LogP contribution >= 0.6 is 0 Å². The van der Waals surface area contributed by atoms with Crippen LogP contribution in [-0.2, 0) is 0 Å². The van der Waals surface area contributed by atoms with Crippen molar-refractivity contribution in [1.82, 2.24) is 0 Å². The van der Waals surface area contributed by atoms with E-state index in [0.29, 0.717) is 11.1 Å². The number of hydrazone groups is 2. The summed E-state index contributed by atoms with van der Waals surface area (Å²) < 4.78 is 0. The molecule has 0 amide bonds. The quantitative estimate of drug-likeness (QED) is 0.272. The van der Waals surface area contributed by atoms with Gasteiger partial charge >= 0.3 is 0 Å². The number of benzene rings is 4. The van der Waals surface area contributed by atoms with Crippen LogP contribution in [0.15, 0.2) is 107 Å². The second-order valence-electron chi connectivity index (χ2n) is 7.36. The third kappa shape index (κ3) is 5.94. The molecule has 6 heteroatoms. The Kier molecular flexibility index (Phi) is 7.06. The molecular weight excluding hydrogens is 420 g/mol. The maximum Gasteiger partial charge on any atom is 0.0991 e. The Bertz CT molecular complexity index is 1260. The lowest BCUT2D eigenvalue weighted by molar-refractivity contribution is 1.34. The lowest BCUT2D eigenvalue weighted by Gasteiger charge is -2.04. The number of rotatable bonds is 7. The van der Waals surface area contributed by atoms with Gasteiger partial charge in [-0.25, -0.2) is 0 Å². The highest BCUT2D eigenvalue weighted by Crippen LogP contribution is 2.20. The summed E-state index contributed by atoms with van der Waals surface area (Å²) in [5.74, 6) is 0. The van der Waals surface area contributed by atoms with E-state index in [9.17, 15) is 0 Å². The molecule has 34 heavy (non-hydrogen) atoms. The number of nitrogens with one attached hydrogen (secondary N) is 2. The Morgan fingerprint density at radius 3 is 1.18 bits per heavy atom. The largest absolute Gasteiger partial charge is 0.279 e. The van der Waals surface area contributed by atoms with Crippen molar-refractivity contribution in [3.05, 3.63) is 119 Å². The van der Waals surface area contributed by atoms with Gasteiger partial charge in [-0.05, 0) is 70.8 Å². The molecule has 0 aliphatic heterocycles. The van der Waals surface area contributed by atoms with Crippen molar-refractivity contribution >= 4 is 23.8 Å². The predicted molar refractivity (Wildman–Crippen MR) is 137 cm³/mol. The van der Waals surface area contributed by atoms with E-state index in [2.05, 4.69) is 57.5 Å². The van der Waals surface area contributed by atoms with E-state index in [1.165, 1.54) is 0 Å².